The van der Waals surface area contributed by atoms with Crippen LogP contribution in [0.2, 0.25) is 0 Å². The van der Waals surface area contributed by atoms with E-state index in [1.807, 2.05) is 0 Å². The van der Waals surface area contributed by atoms with Crippen LogP contribution in [0.1, 0.15) is 5.56 Å². The first kappa shape index (κ1) is 7.98. The average molecular weight is 246 g/mol. The van der Waals surface area contributed by atoms with Crippen molar-refractivity contribution in [2.75, 3.05) is 0 Å². The molecular weight excluding hydrogens is 241 g/mol. The van der Waals surface area contributed by atoms with E-state index in [0.717, 1.165) is 16.1 Å². The molecular formula is C7H5F2Sn. The molecule has 0 aromatic heterocycles. The first-order valence-corrected chi connectivity index (χ1v) is 4.84. The second-order valence-corrected chi connectivity index (χ2v) is 2.93. The number of benzene rings is 1. The van der Waals surface area contributed by atoms with E-state index in [1.54, 1.807) is 6.07 Å². The van der Waals surface area contributed by atoms with Gasteiger partial charge in [0.1, 0.15) is 0 Å². The topological polar surface area (TPSA) is 0 Å². The van der Waals surface area contributed by atoms with Crippen molar-refractivity contribution in [2.45, 2.75) is 4.44 Å². The summed E-state index contributed by atoms with van der Waals surface area (Å²) in [5, 5.41) is 0. The van der Waals surface area contributed by atoms with Crippen molar-refractivity contribution in [3.8, 4) is 0 Å². The van der Waals surface area contributed by atoms with E-state index in [0.29, 0.717) is 0 Å². The third kappa shape index (κ3) is 1.68. The summed E-state index contributed by atoms with van der Waals surface area (Å²) in [6.45, 7) is 0. The summed E-state index contributed by atoms with van der Waals surface area (Å²) in [7, 11) is 0. The Bertz CT molecular complexity index is 235. The quantitative estimate of drug-likeness (QED) is 0.660. The fourth-order valence-electron chi connectivity index (χ4n) is 0.650. The van der Waals surface area contributed by atoms with E-state index in [9.17, 15) is 8.78 Å². The average Bonchev–Trinajstić information content (AvgIpc) is 1.95. The molecule has 0 atom stereocenters. The molecule has 0 bridgehead atoms. The van der Waals surface area contributed by atoms with Crippen molar-refractivity contribution >= 4 is 22.5 Å². The zero-order valence-corrected chi connectivity index (χ0v) is 8.05. The molecule has 0 amide bonds. The van der Waals surface area contributed by atoms with Gasteiger partial charge in [-0.05, 0) is 0 Å². The fraction of sp³-hybridized carbons (Fsp3) is 0.143. The molecule has 1 aromatic carbocycles. The van der Waals surface area contributed by atoms with Gasteiger partial charge < -0.3 is 0 Å². The van der Waals surface area contributed by atoms with Crippen LogP contribution in [0.4, 0.5) is 8.78 Å². The van der Waals surface area contributed by atoms with Gasteiger partial charge in [-0.1, -0.05) is 0 Å². The van der Waals surface area contributed by atoms with Crippen molar-refractivity contribution in [2.24, 2.45) is 0 Å². The van der Waals surface area contributed by atoms with Gasteiger partial charge in [0.25, 0.3) is 0 Å². The van der Waals surface area contributed by atoms with Crippen LogP contribution in [0.5, 0.6) is 0 Å². The standard InChI is InChI=1S/C7H5F2.Sn/c1-5-2-3-6(8)7(9)4-5;/h2-4H,1H2;. The molecule has 0 spiro atoms. The second kappa shape index (κ2) is 3.32. The molecule has 0 fully saturated rings. The van der Waals surface area contributed by atoms with Gasteiger partial charge in [0, 0.05) is 0 Å². The number of rotatable bonds is 1. The molecule has 1 rings (SSSR count). The van der Waals surface area contributed by atoms with Gasteiger partial charge in [-0.25, -0.2) is 0 Å². The van der Waals surface area contributed by atoms with E-state index in [4.69, 9.17) is 0 Å². The third-order valence-corrected chi connectivity index (χ3v) is 2.35. The van der Waals surface area contributed by atoms with E-state index in [-0.39, 0.29) is 0 Å². The van der Waals surface area contributed by atoms with Crippen LogP contribution in [0.3, 0.4) is 0 Å². The van der Waals surface area contributed by atoms with Crippen LogP contribution in [0.15, 0.2) is 18.2 Å². The van der Waals surface area contributed by atoms with Gasteiger partial charge in [0.05, 0.1) is 0 Å². The summed E-state index contributed by atoms with van der Waals surface area (Å²) < 4.78 is 25.5. The van der Waals surface area contributed by atoms with E-state index < -0.39 is 11.6 Å². The molecule has 0 N–H and O–H groups in total. The zero-order valence-electron chi connectivity index (χ0n) is 5.20. The van der Waals surface area contributed by atoms with Crippen molar-refractivity contribution < 1.29 is 8.78 Å². The molecule has 0 aliphatic rings. The SMILES string of the molecule is Fc1ccc([CH2][Sn])cc1F. The van der Waals surface area contributed by atoms with Crippen LogP contribution >= 0.6 is 0 Å². The summed E-state index contributed by atoms with van der Waals surface area (Å²) in [5.74, 6) is -1.52. The Morgan fingerprint density at radius 3 is 2.40 bits per heavy atom. The number of hydrogen-bond donors (Lipinski definition) is 0. The molecule has 1 aromatic rings. The third-order valence-electron chi connectivity index (χ3n) is 1.19. The first-order valence-electron chi connectivity index (χ1n) is 2.82. The van der Waals surface area contributed by atoms with E-state index in [1.165, 1.54) is 28.6 Å². The summed E-state index contributed by atoms with van der Waals surface area (Å²) in [5.41, 5.74) is 0.858. The van der Waals surface area contributed by atoms with Gasteiger partial charge in [0.15, 0.2) is 0 Å². The molecule has 3 heteroatoms. The Hall–Kier alpha value is -0.121. The molecule has 0 nitrogen and oxygen atoms in total. The zero-order chi connectivity index (χ0) is 7.56. The van der Waals surface area contributed by atoms with Crippen molar-refractivity contribution in [1.29, 1.82) is 0 Å². The van der Waals surface area contributed by atoms with Crippen molar-refractivity contribution in [3.05, 3.63) is 35.4 Å². The predicted octanol–water partition coefficient (Wildman–Crippen LogP) is 1.63. The molecule has 0 heterocycles. The Balaban J connectivity index is 3.04. The number of hydrogen-bond acceptors (Lipinski definition) is 0. The normalized spacial score (nSPS) is 9.90. The van der Waals surface area contributed by atoms with Crippen LogP contribution in [0, 0.1) is 11.6 Å². The summed E-state index contributed by atoms with van der Waals surface area (Å²) in [6, 6.07) is 4.01. The maximum atomic E-state index is 12.4. The summed E-state index contributed by atoms with van der Waals surface area (Å²) >= 11 is 1.30. The predicted molar refractivity (Wildman–Crippen MR) is 35.8 cm³/mol. The molecule has 0 unspecified atom stereocenters. The van der Waals surface area contributed by atoms with Gasteiger partial charge in [0.2, 0.25) is 0 Å². The van der Waals surface area contributed by atoms with Gasteiger partial charge in [-0.15, -0.1) is 0 Å². The molecule has 0 saturated carbocycles. The van der Waals surface area contributed by atoms with Crippen LogP contribution in [-0.4, -0.2) is 22.5 Å². The summed E-state index contributed by atoms with van der Waals surface area (Å²) in [6.07, 6.45) is 0. The monoisotopic (exact) mass is 247 g/mol. The minimum absolute atomic E-state index is 0.750. The molecule has 0 saturated heterocycles. The molecule has 3 radical (unpaired) electrons. The minimum atomic E-state index is -0.770. The molecule has 0 aliphatic carbocycles. The van der Waals surface area contributed by atoms with Crippen LogP contribution in [-0.2, 0) is 4.44 Å². The van der Waals surface area contributed by atoms with Gasteiger partial charge >= 0.3 is 71.1 Å². The Kier molecular flexibility index (Phi) is 2.65. The molecule has 10 heavy (non-hydrogen) atoms. The molecule has 51 valence electrons. The summed E-state index contributed by atoms with van der Waals surface area (Å²) in [4.78, 5) is 0. The van der Waals surface area contributed by atoms with E-state index >= 15 is 0 Å². The fourth-order valence-corrected chi connectivity index (χ4v) is 1.28. The van der Waals surface area contributed by atoms with Gasteiger partial charge in [-0.3, -0.25) is 0 Å². The van der Waals surface area contributed by atoms with Crippen LogP contribution in [0.25, 0.3) is 0 Å². The Morgan fingerprint density at radius 2 is 1.90 bits per heavy atom. The van der Waals surface area contributed by atoms with Crippen molar-refractivity contribution in [1.82, 2.24) is 0 Å². The van der Waals surface area contributed by atoms with Crippen molar-refractivity contribution in [3.63, 3.8) is 0 Å². The Morgan fingerprint density at radius 1 is 1.20 bits per heavy atom. The first-order chi connectivity index (χ1) is 4.74. The Labute approximate surface area is 71.3 Å². The van der Waals surface area contributed by atoms with Crippen LogP contribution < -0.4 is 0 Å². The van der Waals surface area contributed by atoms with E-state index in [2.05, 4.69) is 0 Å². The number of halogens is 2. The maximum absolute atomic E-state index is 12.4. The molecule has 0 aliphatic heterocycles. The van der Waals surface area contributed by atoms with Gasteiger partial charge in [-0.2, -0.15) is 0 Å². The second-order valence-electron chi connectivity index (χ2n) is 1.93.